The van der Waals surface area contributed by atoms with Crippen LogP contribution in [0, 0.1) is 11.8 Å². The topological polar surface area (TPSA) is 48.1 Å². The second-order valence-electron chi connectivity index (χ2n) is 5.63. The maximum absolute atomic E-state index is 5.91. The van der Waals surface area contributed by atoms with Crippen molar-refractivity contribution in [3.05, 3.63) is 29.3 Å². The van der Waals surface area contributed by atoms with Crippen LogP contribution in [0.25, 0.3) is 10.2 Å². The number of rotatable bonds is 5. The molecule has 0 aliphatic heterocycles. The molecule has 0 radical (unpaired) electrons. The number of nitrogens with two attached hydrogens (primary N) is 1. The molecule has 0 bridgehead atoms. The minimum Gasteiger partial charge on any atom is -0.374 e. The van der Waals surface area contributed by atoms with Gasteiger partial charge >= 0.3 is 0 Å². The fourth-order valence-electron chi connectivity index (χ4n) is 3.09. The van der Waals surface area contributed by atoms with Crippen LogP contribution >= 0.6 is 11.3 Å². The van der Waals surface area contributed by atoms with E-state index in [1.165, 1.54) is 30.4 Å². The van der Waals surface area contributed by atoms with Crippen LogP contribution in [-0.4, -0.2) is 18.1 Å². The minimum atomic E-state index is 0.632. The highest BCUT2D eigenvalue weighted by molar-refractivity contribution is 7.18. The molecule has 108 valence electrons. The predicted octanol–water partition coefficient (Wildman–Crippen LogP) is 3.58. The van der Waals surface area contributed by atoms with Gasteiger partial charge in [-0.1, -0.05) is 25.0 Å². The van der Waals surface area contributed by atoms with Crippen LogP contribution in [0.1, 0.15) is 30.7 Å². The van der Waals surface area contributed by atoms with Crippen molar-refractivity contribution in [2.75, 3.05) is 13.2 Å². The lowest BCUT2D eigenvalue weighted by atomic mass is 9.80. The van der Waals surface area contributed by atoms with Gasteiger partial charge in [0, 0.05) is 0 Å². The summed E-state index contributed by atoms with van der Waals surface area (Å²) in [5, 5.41) is 1.08. The van der Waals surface area contributed by atoms with E-state index in [0.29, 0.717) is 18.4 Å². The number of hydrogen-bond donors (Lipinski definition) is 1. The quantitative estimate of drug-likeness (QED) is 0.915. The van der Waals surface area contributed by atoms with Crippen LogP contribution in [0.3, 0.4) is 0 Å². The number of fused-ring (bicyclic) bond motifs is 1. The van der Waals surface area contributed by atoms with Crippen molar-refractivity contribution in [3.8, 4) is 0 Å². The Morgan fingerprint density at radius 2 is 2.00 bits per heavy atom. The van der Waals surface area contributed by atoms with Gasteiger partial charge in [0.25, 0.3) is 0 Å². The summed E-state index contributed by atoms with van der Waals surface area (Å²) in [5.74, 6) is 1.29. The molecule has 1 heterocycles. The predicted molar refractivity (Wildman–Crippen MR) is 83.8 cm³/mol. The van der Waals surface area contributed by atoms with Gasteiger partial charge in [0.05, 0.1) is 23.4 Å². The first-order chi connectivity index (χ1) is 9.86. The van der Waals surface area contributed by atoms with Gasteiger partial charge in [-0.25, -0.2) is 4.98 Å². The average Bonchev–Trinajstić information content (AvgIpc) is 2.90. The second-order valence-corrected chi connectivity index (χ2v) is 6.75. The zero-order valence-electron chi connectivity index (χ0n) is 11.8. The third kappa shape index (κ3) is 3.19. The Balaban J connectivity index is 1.54. The normalized spacial score (nSPS) is 23.2. The largest absolute Gasteiger partial charge is 0.374 e. The fraction of sp³-hybridized carbons (Fsp3) is 0.562. The van der Waals surface area contributed by atoms with E-state index in [1.807, 2.05) is 6.07 Å². The van der Waals surface area contributed by atoms with Gasteiger partial charge in [-0.3, -0.25) is 0 Å². The maximum atomic E-state index is 5.91. The van der Waals surface area contributed by atoms with E-state index >= 15 is 0 Å². The fourth-order valence-corrected chi connectivity index (χ4v) is 4.00. The Morgan fingerprint density at radius 1 is 1.20 bits per heavy atom. The SMILES string of the molecule is NCC1CCCCC1COCc1nc2ccccc2s1. The average molecular weight is 290 g/mol. The van der Waals surface area contributed by atoms with E-state index in [-0.39, 0.29) is 0 Å². The number of para-hydroxylation sites is 1. The molecule has 0 amide bonds. The van der Waals surface area contributed by atoms with Crippen molar-refractivity contribution in [3.63, 3.8) is 0 Å². The summed E-state index contributed by atoms with van der Waals surface area (Å²) in [4.78, 5) is 4.60. The monoisotopic (exact) mass is 290 g/mol. The summed E-state index contributed by atoms with van der Waals surface area (Å²) in [5.41, 5.74) is 6.94. The van der Waals surface area contributed by atoms with Gasteiger partial charge < -0.3 is 10.5 Å². The lowest BCUT2D eigenvalue weighted by Gasteiger charge is -2.30. The van der Waals surface area contributed by atoms with Gasteiger partial charge in [-0.2, -0.15) is 0 Å². The lowest BCUT2D eigenvalue weighted by molar-refractivity contribution is 0.0512. The van der Waals surface area contributed by atoms with Crippen molar-refractivity contribution in [1.82, 2.24) is 4.98 Å². The van der Waals surface area contributed by atoms with Crippen LogP contribution in [0.4, 0.5) is 0 Å². The molecule has 3 nitrogen and oxygen atoms in total. The molecule has 0 spiro atoms. The molecule has 1 fully saturated rings. The molecule has 2 atom stereocenters. The minimum absolute atomic E-state index is 0.632. The molecule has 4 heteroatoms. The summed E-state index contributed by atoms with van der Waals surface area (Å²) < 4.78 is 7.15. The molecule has 1 aromatic heterocycles. The van der Waals surface area contributed by atoms with Crippen molar-refractivity contribution < 1.29 is 4.74 Å². The first-order valence-electron chi connectivity index (χ1n) is 7.49. The number of ether oxygens (including phenoxy) is 1. The van der Waals surface area contributed by atoms with E-state index in [4.69, 9.17) is 10.5 Å². The Morgan fingerprint density at radius 3 is 2.80 bits per heavy atom. The zero-order valence-corrected chi connectivity index (χ0v) is 12.6. The summed E-state index contributed by atoms with van der Waals surface area (Å²) in [6.45, 7) is 2.26. The highest BCUT2D eigenvalue weighted by atomic mass is 32.1. The second kappa shape index (κ2) is 6.66. The van der Waals surface area contributed by atoms with E-state index in [0.717, 1.165) is 23.7 Å². The number of benzene rings is 1. The van der Waals surface area contributed by atoms with Crippen molar-refractivity contribution in [1.29, 1.82) is 0 Å². The summed E-state index contributed by atoms with van der Waals surface area (Å²) in [6, 6.07) is 8.25. The van der Waals surface area contributed by atoms with Crippen molar-refractivity contribution in [2.45, 2.75) is 32.3 Å². The molecule has 2 aromatic rings. The maximum Gasteiger partial charge on any atom is 0.120 e. The van der Waals surface area contributed by atoms with Crippen molar-refractivity contribution >= 4 is 21.6 Å². The van der Waals surface area contributed by atoms with Crippen LogP contribution in [-0.2, 0) is 11.3 Å². The molecule has 1 aliphatic rings. The van der Waals surface area contributed by atoms with Gasteiger partial charge in [-0.15, -0.1) is 11.3 Å². The number of aromatic nitrogens is 1. The molecule has 2 unspecified atom stereocenters. The standard InChI is InChI=1S/C16H22N2OS/c17-9-12-5-1-2-6-13(12)10-19-11-16-18-14-7-3-4-8-15(14)20-16/h3-4,7-8,12-13H,1-2,5-6,9-11,17H2. The van der Waals surface area contributed by atoms with E-state index in [1.54, 1.807) is 11.3 Å². The Kier molecular flexibility index (Phi) is 4.65. The summed E-state index contributed by atoms with van der Waals surface area (Å²) in [7, 11) is 0. The van der Waals surface area contributed by atoms with Crippen molar-refractivity contribution in [2.24, 2.45) is 17.6 Å². The first kappa shape index (κ1) is 14.0. The molecular formula is C16H22N2OS. The van der Waals surface area contributed by atoms with E-state index in [9.17, 15) is 0 Å². The van der Waals surface area contributed by atoms with Gasteiger partial charge in [0.2, 0.25) is 0 Å². The third-order valence-electron chi connectivity index (χ3n) is 4.26. The van der Waals surface area contributed by atoms with Gasteiger partial charge in [0.1, 0.15) is 5.01 Å². The number of thiazole rings is 1. The molecule has 1 saturated carbocycles. The highest BCUT2D eigenvalue weighted by Crippen LogP contribution is 2.30. The Labute approximate surface area is 124 Å². The van der Waals surface area contributed by atoms with Crippen LogP contribution in [0.2, 0.25) is 0 Å². The highest BCUT2D eigenvalue weighted by Gasteiger charge is 2.23. The first-order valence-corrected chi connectivity index (χ1v) is 8.30. The van der Waals surface area contributed by atoms with Crippen LogP contribution in [0.15, 0.2) is 24.3 Å². The smallest absolute Gasteiger partial charge is 0.120 e. The van der Waals surface area contributed by atoms with Gasteiger partial charge in [-0.05, 0) is 43.4 Å². The Hall–Kier alpha value is -0.970. The third-order valence-corrected chi connectivity index (χ3v) is 5.27. The number of nitrogens with zero attached hydrogens (tertiary/aromatic N) is 1. The molecule has 0 saturated heterocycles. The molecule has 1 aromatic carbocycles. The summed E-state index contributed by atoms with van der Waals surface area (Å²) >= 11 is 1.73. The lowest BCUT2D eigenvalue weighted by Crippen LogP contribution is -2.29. The Bertz CT molecular complexity index is 521. The van der Waals surface area contributed by atoms with Crippen LogP contribution in [0.5, 0.6) is 0 Å². The summed E-state index contributed by atoms with van der Waals surface area (Å²) in [6.07, 6.45) is 5.19. The molecular weight excluding hydrogens is 268 g/mol. The molecule has 2 N–H and O–H groups in total. The zero-order chi connectivity index (χ0) is 13.8. The molecule has 3 rings (SSSR count). The molecule has 1 aliphatic carbocycles. The number of hydrogen-bond acceptors (Lipinski definition) is 4. The van der Waals surface area contributed by atoms with Gasteiger partial charge in [0.15, 0.2) is 0 Å². The van der Waals surface area contributed by atoms with E-state index < -0.39 is 0 Å². The molecule has 20 heavy (non-hydrogen) atoms. The van der Waals surface area contributed by atoms with Crippen LogP contribution < -0.4 is 5.73 Å². The van der Waals surface area contributed by atoms with E-state index in [2.05, 4.69) is 23.2 Å².